The Morgan fingerprint density at radius 3 is 2.85 bits per heavy atom. The molecule has 20 heavy (non-hydrogen) atoms. The lowest BCUT2D eigenvalue weighted by atomic mass is 10.2. The Hall–Kier alpha value is -2.83. The SMILES string of the molecule is COc1cc(C)ccc1Oc1nc(N)nc2[nH]ncc12. The van der Waals surface area contributed by atoms with Gasteiger partial charge in [-0.25, -0.2) is 0 Å². The van der Waals surface area contributed by atoms with Crippen molar-refractivity contribution in [3.05, 3.63) is 30.0 Å². The minimum Gasteiger partial charge on any atom is -0.493 e. The Kier molecular flexibility index (Phi) is 2.86. The zero-order valence-electron chi connectivity index (χ0n) is 11.0. The summed E-state index contributed by atoms with van der Waals surface area (Å²) in [5, 5.41) is 7.29. The van der Waals surface area contributed by atoms with Gasteiger partial charge >= 0.3 is 0 Å². The average molecular weight is 271 g/mol. The molecule has 0 aliphatic heterocycles. The van der Waals surface area contributed by atoms with Gasteiger partial charge in [0.2, 0.25) is 11.8 Å². The summed E-state index contributed by atoms with van der Waals surface area (Å²) in [5.41, 5.74) is 7.25. The standard InChI is InChI=1S/C13H13N5O2/c1-7-3-4-9(10(5-7)19-2)20-12-8-6-15-18-11(8)16-13(14)17-12/h3-6H,1-2H3,(H3,14,15,16,17,18). The number of nitrogens with two attached hydrogens (primary N) is 1. The van der Waals surface area contributed by atoms with Gasteiger partial charge in [-0.05, 0) is 24.6 Å². The zero-order valence-corrected chi connectivity index (χ0v) is 11.0. The highest BCUT2D eigenvalue weighted by molar-refractivity contribution is 5.80. The molecule has 0 unspecified atom stereocenters. The van der Waals surface area contributed by atoms with E-state index in [9.17, 15) is 0 Å². The number of nitrogens with zero attached hydrogens (tertiary/aromatic N) is 3. The Balaban J connectivity index is 2.07. The van der Waals surface area contributed by atoms with E-state index >= 15 is 0 Å². The summed E-state index contributed by atoms with van der Waals surface area (Å²) in [4.78, 5) is 8.13. The smallest absolute Gasteiger partial charge is 0.235 e. The Morgan fingerprint density at radius 1 is 1.20 bits per heavy atom. The van der Waals surface area contributed by atoms with Gasteiger partial charge in [-0.3, -0.25) is 5.10 Å². The molecule has 0 spiro atoms. The van der Waals surface area contributed by atoms with Crippen LogP contribution in [0.25, 0.3) is 11.0 Å². The van der Waals surface area contributed by atoms with Crippen molar-refractivity contribution >= 4 is 17.0 Å². The molecule has 3 rings (SSSR count). The molecular weight excluding hydrogens is 258 g/mol. The van der Waals surface area contributed by atoms with Crippen molar-refractivity contribution in [1.29, 1.82) is 0 Å². The Bertz CT molecular complexity index is 769. The summed E-state index contributed by atoms with van der Waals surface area (Å²) < 4.78 is 11.1. The summed E-state index contributed by atoms with van der Waals surface area (Å²) in [5.74, 6) is 1.63. The van der Waals surface area contributed by atoms with E-state index in [1.807, 2.05) is 25.1 Å². The molecule has 7 heteroatoms. The number of aryl methyl sites for hydroxylation is 1. The van der Waals surface area contributed by atoms with Gasteiger partial charge in [0.25, 0.3) is 0 Å². The minimum atomic E-state index is 0.114. The number of H-pyrrole nitrogens is 1. The topological polar surface area (TPSA) is 98.9 Å². The third-order valence-electron chi connectivity index (χ3n) is 2.82. The second-order valence-corrected chi connectivity index (χ2v) is 4.28. The van der Waals surface area contributed by atoms with Gasteiger partial charge in [-0.15, -0.1) is 0 Å². The number of hydrogen-bond donors (Lipinski definition) is 2. The van der Waals surface area contributed by atoms with E-state index in [0.29, 0.717) is 28.4 Å². The molecule has 0 aliphatic carbocycles. The normalized spacial score (nSPS) is 10.7. The van der Waals surface area contributed by atoms with E-state index in [1.54, 1.807) is 13.3 Å². The number of aromatic nitrogens is 4. The second kappa shape index (κ2) is 4.69. The maximum absolute atomic E-state index is 5.79. The van der Waals surface area contributed by atoms with E-state index in [4.69, 9.17) is 15.2 Å². The maximum atomic E-state index is 5.79. The number of aromatic amines is 1. The van der Waals surface area contributed by atoms with Gasteiger partial charge in [0.05, 0.1) is 13.3 Å². The van der Waals surface area contributed by atoms with Crippen LogP contribution in [0, 0.1) is 6.92 Å². The van der Waals surface area contributed by atoms with Gasteiger partial charge < -0.3 is 15.2 Å². The lowest BCUT2D eigenvalue weighted by Crippen LogP contribution is -1.99. The summed E-state index contributed by atoms with van der Waals surface area (Å²) in [6.07, 6.45) is 1.59. The van der Waals surface area contributed by atoms with Crippen LogP contribution in [0.1, 0.15) is 5.56 Å². The molecule has 0 atom stereocenters. The molecule has 0 aliphatic rings. The molecule has 3 N–H and O–H groups in total. The third-order valence-corrected chi connectivity index (χ3v) is 2.82. The number of nitrogens with one attached hydrogen (secondary N) is 1. The first-order valence-electron chi connectivity index (χ1n) is 5.96. The molecular formula is C13H13N5O2. The molecule has 2 heterocycles. The molecule has 0 fully saturated rings. The predicted molar refractivity (Wildman–Crippen MR) is 73.9 cm³/mol. The van der Waals surface area contributed by atoms with Gasteiger partial charge in [0.1, 0.15) is 5.39 Å². The lowest BCUT2D eigenvalue weighted by Gasteiger charge is -2.10. The molecule has 0 saturated heterocycles. The summed E-state index contributed by atoms with van der Waals surface area (Å²) in [7, 11) is 1.59. The van der Waals surface area contributed by atoms with Crippen LogP contribution in [0.4, 0.5) is 5.95 Å². The van der Waals surface area contributed by atoms with Crippen molar-refractivity contribution in [2.24, 2.45) is 0 Å². The monoisotopic (exact) mass is 271 g/mol. The fourth-order valence-electron chi connectivity index (χ4n) is 1.87. The van der Waals surface area contributed by atoms with Gasteiger partial charge in [-0.1, -0.05) is 6.07 Å². The van der Waals surface area contributed by atoms with Crippen LogP contribution < -0.4 is 15.2 Å². The molecule has 0 amide bonds. The first kappa shape index (κ1) is 12.2. The zero-order chi connectivity index (χ0) is 14.1. The maximum Gasteiger partial charge on any atom is 0.235 e. The van der Waals surface area contributed by atoms with Crippen LogP contribution in [0.15, 0.2) is 24.4 Å². The molecule has 102 valence electrons. The van der Waals surface area contributed by atoms with Crippen molar-refractivity contribution in [2.45, 2.75) is 6.92 Å². The summed E-state index contributed by atoms with van der Waals surface area (Å²) in [6.45, 7) is 1.98. The quantitative estimate of drug-likeness (QED) is 0.756. The van der Waals surface area contributed by atoms with E-state index < -0.39 is 0 Å². The van der Waals surface area contributed by atoms with Crippen LogP contribution in [0.3, 0.4) is 0 Å². The first-order valence-corrected chi connectivity index (χ1v) is 5.96. The number of hydrogen-bond acceptors (Lipinski definition) is 6. The molecule has 0 saturated carbocycles. The van der Waals surface area contributed by atoms with E-state index in [1.165, 1.54) is 0 Å². The fraction of sp³-hybridized carbons (Fsp3) is 0.154. The second-order valence-electron chi connectivity index (χ2n) is 4.28. The highest BCUT2D eigenvalue weighted by Gasteiger charge is 2.13. The van der Waals surface area contributed by atoms with Crippen molar-refractivity contribution in [3.63, 3.8) is 0 Å². The van der Waals surface area contributed by atoms with Crippen molar-refractivity contribution < 1.29 is 9.47 Å². The average Bonchev–Trinajstić information content (AvgIpc) is 2.88. The fourth-order valence-corrected chi connectivity index (χ4v) is 1.87. The molecule has 0 bridgehead atoms. The first-order chi connectivity index (χ1) is 9.67. The highest BCUT2D eigenvalue weighted by Crippen LogP contribution is 2.34. The largest absolute Gasteiger partial charge is 0.493 e. The molecule has 7 nitrogen and oxygen atoms in total. The van der Waals surface area contributed by atoms with Crippen LogP contribution in [-0.4, -0.2) is 27.3 Å². The lowest BCUT2D eigenvalue weighted by molar-refractivity contribution is 0.375. The van der Waals surface area contributed by atoms with Crippen LogP contribution in [0.5, 0.6) is 17.4 Å². The van der Waals surface area contributed by atoms with Gasteiger partial charge in [-0.2, -0.15) is 15.1 Å². The summed E-state index contributed by atoms with van der Waals surface area (Å²) in [6, 6.07) is 5.62. The molecule has 2 aromatic heterocycles. The van der Waals surface area contributed by atoms with Crippen molar-refractivity contribution in [2.75, 3.05) is 12.8 Å². The Morgan fingerprint density at radius 2 is 2.05 bits per heavy atom. The van der Waals surface area contributed by atoms with Gasteiger partial charge in [0.15, 0.2) is 17.1 Å². The van der Waals surface area contributed by atoms with Gasteiger partial charge in [0, 0.05) is 0 Å². The molecule has 0 radical (unpaired) electrons. The van der Waals surface area contributed by atoms with Crippen LogP contribution in [-0.2, 0) is 0 Å². The predicted octanol–water partition coefficient (Wildman–Crippen LogP) is 2.04. The van der Waals surface area contributed by atoms with E-state index in [0.717, 1.165) is 5.56 Å². The number of rotatable bonds is 3. The van der Waals surface area contributed by atoms with Crippen LogP contribution in [0.2, 0.25) is 0 Å². The van der Waals surface area contributed by atoms with E-state index in [2.05, 4.69) is 20.2 Å². The van der Waals surface area contributed by atoms with Crippen molar-refractivity contribution in [1.82, 2.24) is 20.2 Å². The Labute approximate surface area is 114 Å². The third kappa shape index (κ3) is 2.09. The number of anilines is 1. The number of nitrogen functional groups attached to an aromatic ring is 1. The number of methoxy groups -OCH3 is 1. The summed E-state index contributed by atoms with van der Waals surface area (Å²) >= 11 is 0. The minimum absolute atomic E-state index is 0.114. The highest BCUT2D eigenvalue weighted by atomic mass is 16.5. The van der Waals surface area contributed by atoms with Crippen LogP contribution >= 0.6 is 0 Å². The van der Waals surface area contributed by atoms with E-state index in [-0.39, 0.29) is 5.95 Å². The molecule has 3 aromatic rings. The van der Waals surface area contributed by atoms with Crippen molar-refractivity contribution in [3.8, 4) is 17.4 Å². The number of fused-ring (bicyclic) bond motifs is 1. The number of ether oxygens (including phenoxy) is 2. The molecule has 1 aromatic carbocycles. The number of benzene rings is 1.